The van der Waals surface area contributed by atoms with Crippen LogP contribution >= 0.6 is 0 Å². The van der Waals surface area contributed by atoms with E-state index in [0.29, 0.717) is 16.7 Å². The van der Waals surface area contributed by atoms with Crippen molar-refractivity contribution in [3.8, 4) is 16.9 Å². The number of rotatable bonds is 2. The highest BCUT2D eigenvalue weighted by Gasteiger charge is 2.11. The van der Waals surface area contributed by atoms with Gasteiger partial charge in [-0.25, -0.2) is 9.18 Å². The van der Waals surface area contributed by atoms with Gasteiger partial charge >= 0.3 is 5.97 Å². The van der Waals surface area contributed by atoms with E-state index in [4.69, 9.17) is 5.11 Å². The van der Waals surface area contributed by atoms with Gasteiger partial charge in [-0.15, -0.1) is 0 Å². The minimum Gasteiger partial charge on any atom is -0.507 e. The highest BCUT2D eigenvalue weighted by Crippen LogP contribution is 2.32. The summed E-state index contributed by atoms with van der Waals surface area (Å²) in [6.45, 7) is 1.73. The maximum Gasteiger partial charge on any atom is 0.335 e. The molecular weight excluding hydrogens is 235 g/mol. The second kappa shape index (κ2) is 4.49. The lowest BCUT2D eigenvalue weighted by atomic mass is 9.98. The molecule has 2 N–H and O–H groups in total. The Morgan fingerprint density at radius 1 is 1.11 bits per heavy atom. The number of aromatic hydroxyl groups is 1. The number of phenolic OH excluding ortho intramolecular Hbond substituents is 1. The molecule has 0 radical (unpaired) electrons. The lowest BCUT2D eigenvalue weighted by Gasteiger charge is -2.09. The molecule has 4 heteroatoms. The van der Waals surface area contributed by atoms with Gasteiger partial charge < -0.3 is 10.2 Å². The Hall–Kier alpha value is -2.36. The number of hydrogen-bond acceptors (Lipinski definition) is 2. The smallest absolute Gasteiger partial charge is 0.335 e. The summed E-state index contributed by atoms with van der Waals surface area (Å²) in [6.07, 6.45) is 0. The maximum atomic E-state index is 13.0. The SMILES string of the molecule is Cc1cc(F)ccc1-c1ccc(C(=O)O)cc1O. The summed E-state index contributed by atoms with van der Waals surface area (Å²) in [7, 11) is 0. The lowest BCUT2D eigenvalue weighted by Crippen LogP contribution is -1.96. The van der Waals surface area contributed by atoms with Crippen LogP contribution in [0.5, 0.6) is 5.75 Å². The van der Waals surface area contributed by atoms with Crippen LogP contribution in [0.4, 0.5) is 4.39 Å². The van der Waals surface area contributed by atoms with Crippen LogP contribution in [0.3, 0.4) is 0 Å². The summed E-state index contributed by atoms with van der Waals surface area (Å²) in [4.78, 5) is 10.8. The van der Waals surface area contributed by atoms with Crippen LogP contribution in [0.15, 0.2) is 36.4 Å². The monoisotopic (exact) mass is 246 g/mol. The van der Waals surface area contributed by atoms with Gasteiger partial charge in [0, 0.05) is 5.56 Å². The standard InChI is InChI=1S/C14H11FO3/c1-8-6-10(15)3-5-11(8)12-4-2-9(14(17)18)7-13(12)16/h2-7,16H,1H3,(H,17,18). The van der Waals surface area contributed by atoms with Gasteiger partial charge in [0.1, 0.15) is 11.6 Å². The molecule has 0 saturated carbocycles. The molecule has 0 bridgehead atoms. The van der Waals surface area contributed by atoms with E-state index in [1.165, 1.54) is 30.3 Å². The highest BCUT2D eigenvalue weighted by atomic mass is 19.1. The molecule has 0 fully saturated rings. The van der Waals surface area contributed by atoms with Gasteiger partial charge in [-0.1, -0.05) is 6.07 Å². The van der Waals surface area contributed by atoms with E-state index >= 15 is 0 Å². The average Bonchev–Trinajstić information content (AvgIpc) is 2.30. The number of carboxylic acid groups (broad SMARTS) is 1. The number of hydrogen-bond donors (Lipinski definition) is 2. The van der Waals surface area contributed by atoms with Crippen molar-refractivity contribution < 1.29 is 19.4 Å². The number of halogens is 1. The van der Waals surface area contributed by atoms with Crippen molar-refractivity contribution in [2.45, 2.75) is 6.92 Å². The van der Waals surface area contributed by atoms with E-state index in [0.717, 1.165) is 0 Å². The summed E-state index contributed by atoms with van der Waals surface area (Å²) >= 11 is 0. The molecular formula is C14H11FO3. The Labute approximate surface area is 103 Å². The van der Waals surface area contributed by atoms with Crippen LogP contribution in [0, 0.1) is 12.7 Å². The Morgan fingerprint density at radius 2 is 1.78 bits per heavy atom. The van der Waals surface area contributed by atoms with Crippen LogP contribution in [0.2, 0.25) is 0 Å². The number of aromatic carboxylic acids is 1. The van der Waals surface area contributed by atoms with Crippen molar-refractivity contribution in [2.75, 3.05) is 0 Å². The summed E-state index contributed by atoms with van der Waals surface area (Å²) in [5.41, 5.74) is 1.84. The predicted molar refractivity (Wildman–Crippen MR) is 65.2 cm³/mol. The van der Waals surface area contributed by atoms with E-state index in [2.05, 4.69) is 0 Å². The predicted octanol–water partition coefficient (Wildman–Crippen LogP) is 3.20. The normalized spacial score (nSPS) is 10.3. The fourth-order valence-electron chi connectivity index (χ4n) is 1.82. The first-order valence-corrected chi connectivity index (χ1v) is 5.32. The molecule has 92 valence electrons. The van der Waals surface area contributed by atoms with E-state index in [1.54, 1.807) is 13.0 Å². The lowest BCUT2D eigenvalue weighted by molar-refractivity contribution is 0.0696. The van der Waals surface area contributed by atoms with E-state index in [1.807, 2.05) is 0 Å². The van der Waals surface area contributed by atoms with E-state index < -0.39 is 5.97 Å². The van der Waals surface area contributed by atoms with Crippen molar-refractivity contribution in [2.24, 2.45) is 0 Å². The third-order valence-electron chi connectivity index (χ3n) is 2.72. The van der Waals surface area contributed by atoms with Gasteiger partial charge in [0.2, 0.25) is 0 Å². The molecule has 0 aromatic heterocycles. The second-order valence-corrected chi connectivity index (χ2v) is 4.00. The quantitative estimate of drug-likeness (QED) is 0.855. The van der Waals surface area contributed by atoms with Gasteiger partial charge in [0.25, 0.3) is 0 Å². The first kappa shape index (κ1) is 12.1. The molecule has 0 unspecified atom stereocenters. The minimum absolute atomic E-state index is 0.0102. The second-order valence-electron chi connectivity index (χ2n) is 4.00. The minimum atomic E-state index is -1.10. The molecule has 0 saturated heterocycles. The molecule has 0 aliphatic heterocycles. The molecule has 0 spiro atoms. The zero-order chi connectivity index (χ0) is 13.3. The van der Waals surface area contributed by atoms with Crippen LogP contribution in [0.25, 0.3) is 11.1 Å². The Morgan fingerprint density at radius 3 is 2.33 bits per heavy atom. The largest absolute Gasteiger partial charge is 0.507 e. The number of carbonyl (C=O) groups is 1. The first-order chi connectivity index (χ1) is 8.49. The van der Waals surface area contributed by atoms with Crippen LogP contribution < -0.4 is 0 Å². The topological polar surface area (TPSA) is 57.5 Å². The molecule has 2 rings (SSSR count). The molecule has 0 aliphatic carbocycles. The summed E-state index contributed by atoms with van der Waals surface area (Å²) in [5, 5.41) is 18.6. The number of carboxylic acids is 1. The Kier molecular flexibility index (Phi) is 3.02. The molecule has 18 heavy (non-hydrogen) atoms. The first-order valence-electron chi connectivity index (χ1n) is 5.32. The maximum absolute atomic E-state index is 13.0. The summed E-state index contributed by atoms with van der Waals surface area (Å²) in [5.74, 6) is -1.59. The van der Waals surface area contributed by atoms with Gasteiger partial charge in [-0.3, -0.25) is 0 Å². The van der Waals surface area contributed by atoms with Crippen LogP contribution in [-0.4, -0.2) is 16.2 Å². The molecule has 0 atom stereocenters. The van der Waals surface area contributed by atoms with Crippen molar-refractivity contribution in [1.82, 2.24) is 0 Å². The molecule has 0 heterocycles. The number of aryl methyl sites for hydroxylation is 1. The zero-order valence-electron chi connectivity index (χ0n) is 9.64. The van der Waals surface area contributed by atoms with Crippen LogP contribution in [-0.2, 0) is 0 Å². The summed E-state index contributed by atoms with van der Waals surface area (Å²) in [6, 6.07) is 8.31. The fraction of sp³-hybridized carbons (Fsp3) is 0.0714. The van der Waals surface area contributed by atoms with Gasteiger partial charge in [0.05, 0.1) is 5.56 Å². The summed E-state index contributed by atoms with van der Waals surface area (Å²) < 4.78 is 13.0. The Bertz CT molecular complexity index is 620. The van der Waals surface area contributed by atoms with E-state index in [9.17, 15) is 14.3 Å². The average molecular weight is 246 g/mol. The van der Waals surface area contributed by atoms with Crippen LogP contribution in [0.1, 0.15) is 15.9 Å². The zero-order valence-corrected chi connectivity index (χ0v) is 9.64. The van der Waals surface area contributed by atoms with Crippen molar-refractivity contribution in [1.29, 1.82) is 0 Å². The van der Waals surface area contributed by atoms with Crippen molar-refractivity contribution in [3.05, 3.63) is 53.3 Å². The molecule has 0 aliphatic rings. The van der Waals surface area contributed by atoms with Gasteiger partial charge in [0.15, 0.2) is 0 Å². The van der Waals surface area contributed by atoms with Gasteiger partial charge in [-0.05, 0) is 48.4 Å². The number of benzene rings is 2. The number of phenols is 1. The van der Waals surface area contributed by atoms with Gasteiger partial charge in [-0.2, -0.15) is 0 Å². The van der Waals surface area contributed by atoms with E-state index in [-0.39, 0.29) is 17.1 Å². The third-order valence-corrected chi connectivity index (χ3v) is 2.72. The fourth-order valence-corrected chi connectivity index (χ4v) is 1.82. The molecule has 2 aromatic carbocycles. The molecule has 3 nitrogen and oxygen atoms in total. The Balaban J connectivity index is 2.54. The highest BCUT2D eigenvalue weighted by molar-refractivity contribution is 5.89. The third kappa shape index (κ3) is 2.18. The van der Waals surface area contributed by atoms with Crippen molar-refractivity contribution >= 4 is 5.97 Å². The molecule has 2 aromatic rings. The molecule has 0 amide bonds. The van der Waals surface area contributed by atoms with Crippen molar-refractivity contribution in [3.63, 3.8) is 0 Å².